The molecule has 20 heavy (non-hydrogen) atoms. The second-order valence-corrected chi connectivity index (χ2v) is 6.07. The van der Waals surface area contributed by atoms with E-state index in [4.69, 9.17) is 0 Å². The van der Waals surface area contributed by atoms with E-state index in [1.807, 2.05) is 0 Å². The molecule has 0 atom stereocenters. The summed E-state index contributed by atoms with van der Waals surface area (Å²) in [6.07, 6.45) is 1.13. The lowest BCUT2D eigenvalue weighted by molar-refractivity contribution is 0.503. The number of rotatable bonds is 3. The van der Waals surface area contributed by atoms with Gasteiger partial charge in [0.05, 0.1) is 0 Å². The maximum atomic E-state index is 4.46. The van der Waals surface area contributed by atoms with Gasteiger partial charge in [-0.3, -0.25) is 4.99 Å². The molecule has 1 aromatic rings. The van der Waals surface area contributed by atoms with Crippen LogP contribution in [0.3, 0.4) is 0 Å². The van der Waals surface area contributed by atoms with Gasteiger partial charge in [-0.2, -0.15) is 0 Å². The molecule has 2 rings (SSSR count). The highest BCUT2D eigenvalue weighted by atomic mass is 127. The molecule has 1 heterocycles. The van der Waals surface area contributed by atoms with Gasteiger partial charge in [0.25, 0.3) is 0 Å². The summed E-state index contributed by atoms with van der Waals surface area (Å²) < 4.78 is 0. The minimum atomic E-state index is 0. The maximum absolute atomic E-state index is 4.46. The molecule has 0 bridgehead atoms. The fraction of sp³-hybridized carbons (Fsp3) is 0.562. The van der Waals surface area contributed by atoms with Gasteiger partial charge in [0, 0.05) is 25.0 Å². The maximum Gasteiger partial charge on any atom is 0.191 e. The summed E-state index contributed by atoms with van der Waals surface area (Å²) in [5, 5.41) is 6.75. The molecule has 0 aliphatic carbocycles. The zero-order chi connectivity index (χ0) is 13.9. The molecule has 0 saturated heterocycles. The summed E-state index contributed by atoms with van der Waals surface area (Å²) in [5.74, 6) is 0.948. The SMILES string of the molecule is Cc1ccc(C(C)(C)CNC2=NCCCN2)c(C)c1.I. The van der Waals surface area contributed by atoms with Crippen LogP contribution in [0, 0.1) is 13.8 Å². The molecular formula is C16H26IN3. The Kier molecular flexibility index (Phi) is 6.30. The van der Waals surface area contributed by atoms with Crippen molar-refractivity contribution < 1.29 is 0 Å². The van der Waals surface area contributed by atoms with Crippen molar-refractivity contribution in [2.45, 2.75) is 39.5 Å². The molecule has 0 radical (unpaired) electrons. The first kappa shape index (κ1) is 17.3. The Morgan fingerprint density at radius 1 is 1.30 bits per heavy atom. The van der Waals surface area contributed by atoms with Crippen LogP contribution >= 0.6 is 24.0 Å². The number of hydrogen-bond acceptors (Lipinski definition) is 3. The van der Waals surface area contributed by atoms with Crippen molar-refractivity contribution in [2.75, 3.05) is 19.6 Å². The number of aliphatic imine (C=N–C) groups is 1. The molecular weight excluding hydrogens is 361 g/mol. The molecule has 3 nitrogen and oxygen atoms in total. The fourth-order valence-electron chi connectivity index (χ4n) is 2.62. The zero-order valence-electron chi connectivity index (χ0n) is 12.9. The number of aryl methyl sites for hydroxylation is 2. The van der Waals surface area contributed by atoms with E-state index in [1.165, 1.54) is 16.7 Å². The Balaban J connectivity index is 0.00000200. The Hall–Kier alpha value is -0.780. The van der Waals surface area contributed by atoms with Gasteiger partial charge in [0.1, 0.15) is 0 Å². The average Bonchev–Trinajstić information content (AvgIpc) is 2.37. The second-order valence-electron chi connectivity index (χ2n) is 6.07. The molecule has 0 spiro atoms. The first-order chi connectivity index (χ1) is 8.99. The van der Waals surface area contributed by atoms with Gasteiger partial charge in [-0.1, -0.05) is 37.6 Å². The molecule has 112 valence electrons. The summed E-state index contributed by atoms with van der Waals surface area (Å²) in [5.41, 5.74) is 4.19. The Bertz CT molecular complexity index is 481. The minimum absolute atomic E-state index is 0. The van der Waals surface area contributed by atoms with Crippen molar-refractivity contribution in [3.8, 4) is 0 Å². The van der Waals surface area contributed by atoms with E-state index in [9.17, 15) is 0 Å². The topological polar surface area (TPSA) is 36.4 Å². The monoisotopic (exact) mass is 387 g/mol. The predicted octanol–water partition coefficient (Wildman–Crippen LogP) is 3.14. The van der Waals surface area contributed by atoms with Crippen molar-refractivity contribution in [2.24, 2.45) is 4.99 Å². The van der Waals surface area contributed by atoms with E-state index in [0.717, 1.165) is 32.0 Å². The molecule has 0 fully saturated rings. The van der Waals surface area contributed by atoms with E-state index in [1.54, 1.807) is 0 Å². The van der Waals surface area contributed by atoms with E-state index >= 15 is 0 Å². The first-order valence-electron chi connectivity index (χ1n) is 7.09. The fourth-order valence-corrected chi connectivity index (χ4v) is 2.62. The average molecular weight is 387 g/mol. The van der Waals surface area contributed by atoms with Crippen molar-refractivity contribution >= 4 is 29.9 Å². The van der Waals surface area contributed by atoms with Crippen LogP contribution in [0.15, 0.2) is 23.2 Å². The van der Waals surface area contributed by atoms with Crippen LogP contribution < -0.4 is 10.6 Å². The quantitative estimate of drug-likeness (QED) is 0.782. The van der Waals surface area contributed by atoms with Gasteiger partial charge >= 0.3 is 0 Å². The zero-order valence-corrected chi connectivity index (χ0v) is 15.2. The lowest BCUT2D eigenvalue weighted by Gasteiger charge is -2.29. The van der Waals surface area contributed by atoms with Gasteiger partial charge in [0.15, 0.2) is 5.96 Å². The lowest BCUT2D eigenvalue weighted by atomic mass is 9.81. The van der Waals surface area contributed by atoms with Gasteiger partial charge in [-0.05, 0) is 31.4 Å². The van der Waals surface area contributed by atoms with Crippen molar-refractivity contribution in [3.05, 3.63) is 34.9 Å². The molecule has 4 heteroatoms. The number of halogens is 1. The smallest absolute Gasteiger partial charge is 0.191 e. The predicted molar refractivity (Wildman–Crippen MR) is 97.3 cm³/mol. The third-order valence-electron chi connectivity index (χ3n) is 3.71. The van der Waals surface area contributed by atoms with Gasteiger partial charge in [-0.15, -0.1) is 24.0 Å². The number of nitrogens with zero attached hydrogens (tertiary/aromatic N) is 1. The largest absolute Gasteiger partial charge is 0.356 e. The van der Waals surface area contributed by atoms with E-state index in [-0.39, 0.29) is 29.4 Å². The molecule has 1 aliphatic heterocycles. The number of nitrogens with one attached hydrogen (secondary N) is 2. The van der Waals surface area contributed by atoms with Crippen molar-refractivity contribution in [3.63, 3.8) is 0 Å². The van der Waals surface area contributed by atoms with E-state index in [2.05, 4.69) is 61.5 Å². The standard InChI is InChI=1S/C16H25N3.HI/c1-12-6-7-14(13(2)10-12)16(3,4)11-19-15-17-8-5-9-18-15;/h6-7,10H,5,8-9,11H2,1-4H3,(H2,17,18,19);1H. The summed E-state index contributed by atoms with van der Waals surface area (Å²) >= 11 is 0. The van der Waals surface area contributed by atoms with Crippen molar-refractivity contribution in [1.29, 1.82) is 0 Å². The molecule has 0 saturated carbocycles. The first-order valence-corrected chi connectivity index (χ1v) is 7.09. The molecule has 2 N–H and O–H groups in total. The Morgan fingerprint density at radius 2 is 2.05 bits per heavy atom. The van der Waals surface area contributed by atoms with Crippen LogP contribution in [0.5, 0.6) is 0 Å². The summed E-state index contributed by atoms with van der Waals surface area (Å²) in [6, 6.07) is 6.70. The lowest BCUT2D eigenvalue weighted by Crippen LogP contribution is -2.45. The van der Waals surface area contributed by atoms with Crippen LogP contribution in [0.25, 0.3) is 0 Å². The summed E-state index contributed by atoms with van der Waals surface area (Å²) in [4.78, 5) is 4.46. The van der Waals surface area contributed by atoms with E-state index < -0.39 is 0 Å². The van der Waals surface area contributed by atoms with Crippen LogP contribution in [0.1, 0.15) is 37.0 Å². The highest BCUT2D eigenvalue weighted by Crippen LogP contribution is 2.26. The van der Waals surface area contributed by atoms with Crippen LogP contribution in [0.4, 0.5) is 0 Å². The van der Waals surface area contributed by atoms with Crippen molar-refractivity contribution in [1.82, 2.24) is 10.6 Å². The summed E-state index contributed by atoms with van der Waals surface area (Å²) in [7, 11) is 0. The minimum Gasteiger partial charge on any atom is -0.356 e. The van der Waals surface area contributed by atoms with Gasteiger partial charge < -0.3 is 10.6 Å². The second kappa shape index (κ2) is 7.29. The third kappa shape index (κ3) is 4.36. The number of guanidine groups is 1. The Morgan fingerprint density at radius 3 is 2.65 bits per heavy atom. The number of hydrogen-bond donors (Lipinski definition) is 2. The normalized spacial score (nSPS) is 14.9. The number of benzene rings is 1. The molecule has 0 unspecified atom stereocenters. The highest BCUT2D eigenvalue weighted by Gasteiger charge is 2.23. The molecule has 1 aliphatic rings. The Labute approximate surface area is 139 Å². The molecule has 0 aromatic heterocycles. The van der Waals surface area contributed by atoms with Crippen LogP contribution in [-0.4, -0.2) is 25.6 Å². The van der Waals surface area contributed by atoms with Gasteiger partial charge in [-0.25, -0.2) is 0 Å². The third-order valence-corrected chi connectivity index (χ3v) is 3.71. The molecule has 1 aromatic carbocycles. The van der Waals surface area contributed by atoms with Gasteiger partial charge in [0.2, 0.25) is 0 Å². The van der Waals surface area contributed by atoms with E-state index in [0.29, 0.717) is 0 Å². The summed E-state index contributed by atoms with van der Waals surface area (Å²) in [6.45, 7) is 11.7. The highest BCUT2D eigenvalue weighted by molar-refractivity contribution is 14.0. The van der Waals surface area contributed by atoms with Crippen LogP contribution in [-0.2, 0) is 5.41 Å². The van der Waals surface area contributed by atoms with Crippen LogP contribution in [0.2, 0.25) is 0 Å². The molecule has 0 amide bonds.